The van der Waals surface area contributed by atoms with Crippen LogP contribution in [0.1, 0.15) is 37.6 Å². The van der Waals surface area contributed by atoms with Gasteiger partial charge in [-0.25, -0.2) is 0 Å². The highest BCUT2D eigenvalue weighted by Crippen LogP contribution is 2.15. The number of hydrogen-bond acceptors (Lipinski definition) is 1. The molecule has 0 saturated heterocycles. The van der Waals surface area contributed by atoms with Crippen molar-refractivity contribution in [3.63, 3.8) is 0 Å². The Kier molecular flexibility index (Phi) is 7.27. The third kappa shape index (κ3) is 5.48. The molecule has 0 atom stereocenters. The van der Waals surface area contributed by atoms with Crippen LogP contribution < -0.4 is 0 Å². The number of hydrogen-bond donors (Lipinski definition) is 0. The zero-order chi connectivity index (χ0) is 14.1. The number of thiol groups is 1. The number of carbonyl (C=O) groups excluding carboxylic acids is 1. The van der Waals surface area contributed by atoms with Gasteiger partial charge in [0, 0.05) is 5.56 Å². The van der Waals surface area contributed by atoms with Gasteiger partial charge in [0.1, 0.15) is 11.5 Å². The summed E-state index contributed by atoms with van der Waals surface area (Å²) in [4.78, 5) is 11.1. The van der Waals surface area contributed by atoms with E-state index in [4.69, 9.17) is 0 Å². The van der Waals surface area contributed by atoms with Crippen molar-refractivity contribution in [2.45, 2.75) is 27.2 Å². The van der Waals surface area contributed by atoms with Gasteiger partial charge in [0.25, 0.3) is 0 Å². The molecule has 0 saturated carbocycles. The lowest BCUT2D eigenvalue weighted by Gasteiger charge is -1.99. The lowest BCUT2D eigenvalue weighted by molar-refractivity contribution is 0.101. The number of rotatable bonds is 4. The Labute approximate surface area is 120 Å². The van der Waals surface area contributed by atoms with Gasteiger partial charge in [0.15, 0.2) is 5.78 Å². The van der Waals surface area contributed by atoms with E-state index >= 15 is 0 Å². The fraction of sp³-hybridized carbons (Fsp3) is 0.353. The first-order chi connectivity index (χ1) is 9.19. The molecule has 19 heavy (non-hydrogen) atoms. The van der Waals surface area contributed by atoms with E-state index in [-0.39, 0.29) is 5.78 Å². The fourth-order valence-electron chi connectivity index (χ4n) is 1.72. The number of ketones is 1. The number of carbonyl (C=O) groups is 1. The van der Waals surface area contributed by atoms with Crippen LogP contribution in [0.2, 0.25) is 0 Å². The minimum absolute atomic E-state index is 0.116. The predicted molar refractivity (Wildman–Crippen MR) is 88.4 cm³/mol. The highest BCUT2D eigenvalue weighted by Gasteiger charge is 1.99. The van der Waals surface area contributed by atoms with E-state index < -0.39 is 0 Å². The normalized spacial score (nSPS) is 9.84. The van der Waals surface area contributed by atoms with Crippen LogP contribution in [0.4, 0.5) is 0 Å². The number of Topliss-reactive ketones (excluding diaryl/α,β-unsaturated/α-hetero) is 1. The highest BCUT2D eigenvalue weighted by atomic mass is 32.2. The van der Waals surface area contributed by atoms with Crippen molar-refractivity contribution >= 4 is 28.3 Å². The van der Waals surface area contributed by atoms with Crippen LogP contribution in [0, 0.1) is 0 Å². The second-order valence-electron chi connectivity index (χ2n) is 4.38. The van der Waals surface area contributed by atoms with E-state index in [0.717, 1.165) is 10.9 Å². The Hall–Kier alpha value is -1.28. The van der Waals surface area contributed by atoms with Gasteiger partial charge in [0.2, 0.25) is 0 Å². The van der Waals surface area contributed by atoms with E-state index in [9.17, 15) is 4.79 Å². The summed E-state index contributed by atoms with van der Waals surface area (Å²) in [5.41, 5.74) is 0.777. The van der Waals surface area contributed by atoms with E-state index in [1.807, 2.05) is 42.5 Å². The Balaban J connectivity index is 0.000000258. The summed E-state index contributed by atoms with van der Waals surface area (Å²) in [6.07, 6.45) is 1.34. The lowest BCUT2D eigenvalue weighted by Crippen LogP contribution is -1.90. The summed E-state index contributed by atoms with van der Waals surface area (Å²) in [6.45, 7) is 6.03. The molecule has 0 radical (unpaired) electrons. The second-order valence-corrected chi connectivity index (χ2v) is 5.91. The quantitative estimate of drug-likeness (QED) is 0.352. The molecule has 0 spiro atoms. The molecule has 1 nitrogen and oxygen atoms in total. The molecular formula is C17H23OS+. The van der Waals surface area contributed by atoms with Gasteiger partial charge in [0.05, 0.1) is 0 Å². The molecule has 2 aromatic carbocycles. The molecule has 0 fully saturated rings. The van der Waals surface area contributed by atoms with Crippen LogP contribution in [-0.2, 0) is 11.8 Å². The SMILES string of the molecule is CC(=O)c1ccc2ccccc2c1.CCC[SH+]CC. The third-order valence-corrected chi connectivity index (χ3v) is 3.97. The molecule has 0 bridgehead atoms. The first kappa shape index (κ1) is 15.8. The average molecular weight is 275 g/mol. The summed E-state index contributed by atoms with van der Waals surface area (Å²) in [7, 11) is 0. The Morgan fingerprint density at radius 2 is 1.74 bits per heavy atom. The van der Waals surface area contributed by atoms with E-state index in [0.29, 0.717) is 0 Å². The smallest absolute Gasteiger partial charge is 0.159 e. The second kappa shape index (κ2) is 8.76. The molecule has 0 amide bonds. The topological polar surface area (TPSA) is 17.1 Å². The largest absolute Gasteiger partial charge is 0.295 e. The first-order valence-corrected chi connectivity index (χ1v) is 8.08. The van der Waals surface area contributed by atoms with Crippen molar-refractivity contribution in [3.05, 3.63) is 48.0 Å². The monoisotopic (exact) mass is 275 g/mol. The number of benzene rings is 2. The van der Waals surface area contributed by atoms with Crippen molar-refractivity contribution in [2.75, 3.05) is 11.5 Å². The summed E-state index contributed by atoms with van der Waals surface area (Å²) in [5, 5.41) is 2.29. The molecule has 2 heteroatoms. The molecule has 2 aromatic rings. The van der Waals surface area contributed by atoms with Crippen molar-refractivity contribution in [1.82, 2.24) is 0 Å². The van der Waals surface area contributed by atoms with Crippen molar-refractivity contribution in [2.24, 2.45) is 0 Å². The third-order valence-electron chi connectivity index (χ3n) is 2.76. The van der Waals surface area contributed by atoms with Gasteiger partial charge in [-0.05, 0) is 48.9 Å². The molecule has 0 aliphatic carbocycles. The van der Waals surface area contributed by atoms with Crippen molar-refractivity contribution < 1.29 is 4.79 Å². The van der Waals surface area contributed by atoms with Crippen molar-refractivity contribution in [3.8, 4) is 0 Å². The lowest BCUT2D eigenvalue weighted by atomic mass is 10.1. The Bertz CT molecular complexity index is 515. The van der Waals surface area contributed by atoms with Gasteiger partial charge in [-0.1, -0.05) is 43.3 Å². The van der Waals surface area contributed by atoms with Gasteiger partial charge >= 0.3 is 0 Å². The maximum Gasteiger partial charge on any atom is 0.159 e. The minimum Gasteiger partial charge on any atom is -0.295 e. The zero-order valence-corrected chi connectivity index (χ0v) is 12.9. The van der Waals surface area contributed by atoms with E-state index in [1.165, 1.54) is 23.3 Å². The average Bonchev–Trinajstić information content (AvgIpc) is 2.45. The van der Waals surface area contributed by atoms with Gasteiger partial charge in [-0.2, -0.15) is 0 Å². The Morgan fingerprint density at radius 1 is 1.05 bits per heavy atom. The Morgan fingerprint density at radius 3 is 2.26 bits per heavy atom. The predicted octanol–water partition coefficient (Wildman–Crippen LogP) is 4.27. The molecule has 0 N–H and O–H groups in total. The maximum absolute atomic E-state index is 11.1. The van der Waals surface area contributed by atoms with Crippen LogP contribution in [-0.4, -0.2) is 17.3 Å². The van der Waals surface area contributed by atoms with E-state index in [2.05, 4.69) is 13.8 Å². The standard InChI is InChI=1S/C12H10O.C5H12S/c1-9(13)11-7-6-10-4-2-3-5-12(10)8-11;1-3-5-6-4-2/h2-8H,1H3;3-5H2,1-2H3/p+1. The molecule has 0 heterocycles. The molecular weight excluding hydrogens is 252 g/mol. The summed E-state index contributed by atoms with van der Waals surface area (Å²) in [6, 6.07) is 13.8. The van der Waals surface area contributed by atoms with Gasteiger partial charge in [-0.3, -0.25) is 4.79 Å². The van der Waals surface area contributed by atoms with Gasteiger partial charge in [-0.15, -0.1) is 0 Å². The molecule has 0 aliphatic rings. The summed E-state index contributed by atoms with van der Waals surface area (Å²) >= 11 is 1.61. The minimum atomic E-state index is 0.116. The van der Waals surface area contributed by atoms with Crippen molar-refractivity contribution in [1.29, 1.82) is 0 Å². The molecule has 0 unspecified atom stereocenters. The van der Waals surface area contributed by atoms with Crippen LogP contribution in [0.15, 0.2) is 42.5 Å². The summed E-state index contributed by atoms with van der Waals surface area (Å²) < 4.78 is 0. The van der Waals surface area contributed by atoms with Crippen LogP contribution in [0.5, 0.6) is 0 Å². The van der Waals surface area contributed by atoms with Crippen LogP contribution >= 0.6 is 0 Å². The molecule has 2 rings (SSSR count). The van der Waals surface area contributed by atoms with E-state index in [1.54, 1.807) is 18.7 Å². The zero-order valence-electron chi connectivity index (χ0n) is 12.0. The number of fused-ring (bicyclic) bond motifs is 1. The summed E-state index contributed by atoms with van der Waals surface area (Å²) in [5.74, 6) is 2.83. The first-order valence-electron chi connectivity index (χ1n) is 6.82. The molecule has 0 aromatic heterocycles. The highest BCUT2D eigenvalue weighted by molar-refractivity contribution is 7.78. The fourth-order valence-corrected chi connectivity index (χ4v) is 2.36. The molecule has 102 valence electrons. The van der Waals surface area contributed by atoms with Crippen LogP contribution in [0.3, 0.4) is 0 Å². The molecule has 0 aliphatic heterocycles. The van der Waals surface area contributed by atoms with Gasteiger partial charge < -0.3 is 0 Å². The maximum atomic E-state index is 11.1. The van der Waals surface area contributed by atoms with Crippen LogP contribution in [0.25, 0.3) is 10.8 Å².